The first kappa shape index (κ1) is 13.4. The van der Waals surface area contributed by atoms with Crippen molar-refractivity contribution in [1.29, 1.82) is 0 Å². The highest BCUT2D eigenvalue weighted by molar-refractivity contribution is 7.13. The van der Waals surface area contributed by atoms with Crippen molar-refractivity contribution in [3.05, 3.63) is 29.3 Å². The standard InChI is InChI=1S/C14H12ClNO3S/c15-7-11(17)10-8-20-14(16-10)9-2-3-12-13(6-9)19-5-1-4-18-12/h2-3,6,8H,1,4-5,7H2. The Labute approximate surface area is 125 Å². The van der Waals surface area contributed by atoms with Gasteiger partial charge in [0.15, 0.2) is 17.3 Å². The zero-order valence-electron chi connectivity index (χ0n) is 10.6. The van der Waals surface area contributed by atoms with Crippen molar-refractivity contribution < 1.29 is 14.3 Å². The molecule has 4 nitrogen and oxygen atoms in total. The fraction of sp³-hybridized carbons (Fsp3) is 0.286. The van der Waals surface area contributed by atoms with E-state index in [0.29, 0.717) is 18.9 Å². The van der Waals surface area contributed by atoms with Crippen LogP contribution in [0, 0.1) is 0 Å². The van der Waals surface area contributed by atoms with Crippen LogP contribution in [0.2, 0.25) is 0 Å². The fourth-order valence-electron chi connectivity index (χ4n) is 1.90. The van der Waals surface area contributed by atoms with Gasteiger partial charge < -0.3 is 9.47 Å². The number of carbonyl (C=O) groups is 1. The Morgan fingerprint density at radius 2 is 2.10 bits per heavy atom. The molecule has 104 valence electrons. The number of carbonyl (C=O) groups excluding carboxylic acids is 1. The monoisotopic (exact) mass is 309 g/mol. The van der Waals surface area contributed by atoms with Gasteiger partial charge in [-0.2, -0.15) is 0 Å². The number of fused-ring (bicyclic) bond motifs is 1. The van der Waals surface area contributed by atoms with Gasteiger partial charge in [0, 0.05) is 17.4 Å². The number of ketones is 1. The van der Waals surface area contributed by atoms with E-state index in [2.05, 4.69) is 4.98 Å². The van der Waals surface area contributed by atoms with Crippen molar-refractivity contribution in [1.82, 2.24) is 4.98 Å². The second-order valence-electron chi connectivity index (χ2n) is 4.31. The zero-order valence-corrected chi connectivity index (χ0v) is 12.2. The van der Waals surface area contributed by atoms with Crippen LogP contribution >= 0.6 is 22.9 Å². The van der Waals surface area contributed by atoms with Gasteiger partial charge in [-0.3, -0.25) is 4.79 Å². The number of aromatic nitrogens is 1. The van der Waals surface area contributed by atoms with Crippen molar-refractivity contribution in [2.75, 3.05) is 19.1 Å². The number of hydrogen-bond donors (Lipinski definition) is 0. The average molecular weight is 310 g/mol. The van der Waals surface area contributed by atoms with E-state index < -0.39 is 0 Å². The van der Waals surface area contributed by atoms with Crippen LogP contribution in [0.4, 0.5) is 0 Å². The van der Waals surface area contributed by atoms with Crippen LogP contribution in [0.25, 0.3) is 10.6 Å². The Hall–Kier alpha value is -1.59. The van der Waals surface area contributed by atoms with Gasteiger partial charge in [0.2, 0.25) is 0 Å². The van der Waals surface area contributed by atoms with E-state index >= 15 is 0 Å². The molecule has 0 N–H and O–H groups in total. The Morgan fingerprint density at radius 3 is 2.90 bits per heavy atom. The van der Waals surface area contributed by atoms with Gasteiger partial charge >= 0.3 is 0 Å². The largest absolute Gasteiger partial charge is 0.490 e. The van der Waals surface area contributed by atoms with Gasteiger partial charge in [-0.15, -0.1) is 22.9 Å². The van der Waals surface area contributed by atoms with Crippen LogP contribution in [0.1, 0.15) is 16.9 Å². The summed E-state index contributed by atoms with van der Waals surface area (Å²) in [5, 5.41) is 2.50. The number of thiazole rings is 1. The third kappa shape index (κ3) is 2.64. The van der Waals surface area contributed by atoms with Crippen LogP contribution in [0.3, 0.4) is 0 Å². The summed E-state index contributed by atoms with van der Waals surface area (Å²) in [5.74, 6) is 1.26. The van der Waals surface area contributed by atoms with Crippen LogP contribution in [0.15, 0.2) is 23.6 Å². The van der Waals surface area contributed by atoms with Crippen molar-refractivity contribution in [3.8, 4) is 22.1 Å². The minimum absolute atomic E-state index is 0.0513. The van der Waals surface area contributed by atoms with Crippen LogP contribution in [-0.2, 0) is 0 Å². The van der Waals surface area contributed by atoms with Crippen LogP contribution < -0.4 is 9.47 Å². The lowest BCUT2D eigenvalue weighted by Gasteiger charge is -2.07. The molecule has 3 rings (SSSR count). The molecule has 0 amide bonds. The second kappa shape index (κ2) is 5.81. The first-order valence-corrected chi connectivity index (χ1v) is 7.64. The second-order valence-corrected chi connectivity index (χ2v) is 5.43. The summed E-state index contributed by atoms with van der Waals surface area (Å²) in [7, 11) is 0. The molecule has 0 radical (unpaired) electrons. The lowest BCUT2D eigenvalue weighted by molar-refractivity contribution is 0.101. The first-order valence-electron chi connectivity index (χ1n) is 6.22. The van der Waals surface area contributed by atoms with Gasteiger partial charge in [-0.25, -0.2) is 4.98 Å². The van der Waals surface area contributed by atoms with Crippen molar-refractivity contribution >= 4 is 28.7 Å². The predicted molar refractivity (Wildman–Crippen MR) is 78.2 cm³/mol. The van der Waals surface area contributed by atoms with Gasteiger partial charge in [0.05, 0.1) is 19.1 Å². The summed E-state index contributed by atoms with van der Waals surface area (Å²) in [4.78, 5) is 15.8. The molecule has 0 fully saturated rings. The summed E-state index contributed by atoms with van der Waals surface area (Å²) in [5.41, 5.74) is 1.32. The molecule has 1 aromatic carbocycles. The maximum atomic E-state index is 11.5. The highest BCUT2D eigenvalue weighted by Crippen LogP contribution is 2.35. The van der Waals surface area contributed by atoms with Crippen LogP contribution in [0.5, 0.6) is 11.5 Å². The lowest BCUT2D eigenvalue weighted by atomic mass is 10.2. The molecule has 0 saturated carbocycles. The molecule has 1 aromatic heterocycles. The first-order chi connectivity index (χ1) is 9.78. The molecule has 2 heterocycles. The molecule has 1 aliphatic rings. The number of alkyl halides is 1. The topological polar surface area (TPSA) is 48.4 Å². The number of ether oxygens (including phenoxy) is 2. The highest BCUT2D eigenvalue weighted by Gasteiger charge is 2.14. The molecular weight excluding hydrogens is 298 g/mol. The molecule has 2 aromatic rings. The number of halogens is 1. The predicted octanol–water partition coefficient (Wildman–Crippen LogP) is 3.39. The number of hydrogen-bond acceptors (Lipinski definition) is 5. The number of nitrogens with zero attached hydrogens (tertiary/aromatic N) is 1. The van der Waals surface area contributed by atoms with Crippen LogP contribution in [-0.4, -0.2) is 29.9 Å². The van der Waals surface area contributed by atoms with Gasteiger partial charge in [-0.05, 0) is 18.2 Å². The van der Waals surface area contributed by atoms with Gasteiger partial charge in [-0.1, -0.05) is 0 Å². The van der Waals surface area contributed by atoms with E-state index in [1.165, 1.54) is 11.3 Å². The SMILES string of the molecule is O=C(CCl)c1csc(-c2ccc3c(c2)OCCCO3)n1. The molecule has 0 spiro atoms. The summed E-state index contributed by atoms with van der Waals surface area (Å²) in [6.45, 7) is 1.31. The van der Waals surface area contributed by atoms with E-state index in [1.807, 2.05) is 18.2 Å². The molecule has 0 saturated heterocycles. The fourth-order valence-corrected chi connectivity index (χ4v) is 2.86. The van der Waals surface area contributed by atoms with E-state index in [4.69, 9.17) is 21.1 Å². The molecule has 1 aliphatic heterocycles. The molecule has 6 heteroatoms. The average Bonchev–Trinajstić information content (AvgIpc) is 2.85. The highest BCUT2D eigenvalue weighted by atomic mass is 35.5. The van der Waals surface area contributed by atoms with Crippen molar-refractivity contribution in [2.45, 2.75) is 6.42 Å². The zero-order chi connectivity index (χ0) is 13.9. The normalized spacial score (nSPS) is 13.8. The Kier molecular flexibility index (Phi) is 3.89. The van der Waals surface area contributed by atoms with E-state index in [-0.39, 0.29) is 11.7 Å². The minimum Gasteiger partial charge on any atom is -0.490 e. The molecular formula is C14H12ClNO3S. The Bertz CT molecular complexity index is 641. The quantitative estimate of drug-likeness (QED) is 0.644. The van der Waals surface area contributed by atoms with Gasteiger partial charge in [0.1, 0.15) is 10.7 Å². The molecule has 0 bridgehead atoms. The Morgan fingerprint density at radius 1 is 1.30 bits per heavy atom. The summed E-state index contributed by atoms with van der Waals surface area (Å²) >= 11 is 6.95. The van der Waals surface area contributed by atoms with Gasteiger partial charge in [0.25, 0.3) is 0 Å². The molecule has 0 unspecified atom stereocenters. The summed E-state index contributed by atoms with van der Waals surface area (Å²) < 4.78 is 11.2. The maximum absolute atomic E-state index is 11.5. The lowest BCUT2D eigenvalue weighted by Crippen LogP contribution is -2.00. The van der Waals surface area contributed by atoms with Crippen molar-refractivity contribution in [2.24, 2.45) is 0 Å². The third-order valence-electron chi connectivity index (χ3n) is 2.91. The molecule has 20 heavy (non-hydrogen) atoms. The minimum atomic E-state index is -0.163. The van der Waals surface area contributed by atoms with E-state index in [1.54, 1.807) is 5.38 Å². The smallest absolute Gasteiger partial charge is 0.196 e. The summed E-state index contributed by atoms with van der Waals surface area (Å²) in [6, 6.07) is 5.69. The number of benzene rings is 1. The van der Waals surface area contributed by atoms with E-state index in [9.17, 15) is 4.79 Å². The maximum Gasteiger partial charge on any atom is 0.196 e. The summed E-state index contributed by atoms with van der Waals surface area (Å²) in [6.07, 6.45) is 0.871. The molecule has 0 aliphatic carbocycles. The third-order valence-corrected chi connectivity index (χ3v) is 4.04. The van der Waals surface area contributed by atoms with E-state index in [0.717, 1.165) is 28.5 Å². The molecule has 0 atom stereocenters. The number of Topliss-reactive ketones (excluding diaryl/α,β-unsaturated/α-hetero) is 1. The van der Waals surface area contributed by atoms with Crippen molar-refractivity contribution in [3.63, 3.8) is 0 Å². The number of rotatable bonds is 3. The Balaban J connectivity index is 1.92.